The molecule has 22 heavy (non-hydrogen) atoms. The van der Waals surface area contributed by atoms with Crippen molar-refractivity contribution >= 4 is 56.6 Å². The fourth-order valence-corrected chi connectivity index (χ4v) is 3.12. The molecule has 0 aliphatic carbocycles. The van der Waals surface area contributed by atoms with Gasteiger partial charge in [-0.3, -0.25) is 9.78 Å². The number of carbonyl (C=O) groups excluding carboxylic acids is 1. The first-order valence-electron chi connectivity index (χ1n) is 6.25. The summed E-state index contributed by atoms with van der Waals surface area (Å²) in [6.07, 6.45) is 1.66. The largest absolute Gasteiger partial charge is 0.350 e. The molecule has 0 unspecified atom stereocenters. The number of carbonyl (C=O) groups is 1. The Morgan fingerprint density at radius 1 is 1.27 bits per heavy atom. The number of rotatable bonds is 4. The second kappa shape index (κ2) is 7.59. The van der Waals surface area contributed by atoms with Gasteiger partial charge in [0.1, 0.15) is 5.15 Å². The minimum absolute atomic E-state index is 0.0408. The van der Waals surface area contributed by atoms with Crippen LogP contribution in [-0.4, -0.2) is 15.9 Å². The zero-order chi connectivity index (χ0) is 16.3. The van der Waals surface area contributed by atoms with E-state index in [0.717, 1.165) is 4.47 Å². The van der Waals surface area contributed by atoms with Gasteiger partial charge in [0.25, 0.3) is 0 Å². The van der Waals surface area contributed by atoms with Gasteiger partial charge in [-0.15, -0.1) is 0 Å². The zero-order valence-corrected chi connectivity index (χ0v) is 15.3. The molecular weight excluding hydrogens is 412 g/mol. The van der Waals surface area contributed by atoms with E-state index in [-0.39, 0.29) is 24.0 Å². The van der Waals surface area contributed by atoms with E-state index < -0.39 is 0 Å². The number of nitrogens with zero attached hydrogens (tertiary/aromatic N) is 2. The van der Waals surface area contributed by atoms with Crippen LogP contribution in [0.3, 0.4) is 0 Å². The third-order valence-electron chi connectivity index (χ3n) is 2.82. The van der Waals surface area contributed by atoms with Crippen LogP contribution in [0.15, 0.2) is 22.8 Å². The second-order valence-corrected chi connectivity index (χ2v) is 6.64. The van der Waals surface area contributed by atoms with Crippen molar-refractivity contribution in [3.05, 3.63) is 55.0 Å². The molecule has 2 rings (SSSR count). The first-order chi connectivity index (χ1) is 10.4. The van der Waals surface area contributed by atoms with Crippen molar-refractivity contribution in [2.24, 2.45) is 0 Å². The van der Waals surface area contributed by atoms with E-state index in [1.165, 1.54) is 0 Å². The monoisotopic (exact) mass is 421 g/mol. The van der Waals surface area contributed by atoms with Crippen molar-refractivity contribution in [1.82, 2.24) is 15.3 Å². The number of pyridine rings is 2. The number of nitrogens with one attached hydrogen (secondary N) is 1. The topological polar surface area (TPSA) is 54.9 Å². The molecule has 0 saturated heterocycles. The van der Waals surface area contributed by atoms with E-state index in [2.05, 4.69) is 31.2 Å². The summed E-state index contributed by atoms with van der Waals surface area (Å²) in [4.78, 5) is 20.3. The zero-order valence-electron chi connectivity index (χ0n) is 11.5. The quantitative estimate of drug-likeness (QED) is 0.743. The molecule has 0 atom stereocenters. The maximum atomic E-state index is 12.0. The molecule has 0 bridgehead atoms. The van der Waals surface area contributed by atoms with E-state index in [4.69, 9.17) is 34.8 Å². The maximum absolute atomic E-state index is 12.0. The summed E-state index contributed by atoms with van der Waals surface area (Å²) in [7, 11) is 0. The summed E-state index contributed by atoms with van der Waals surface area (Å²) in [5.41, 5.74) is 1.78. The molecular formula is C14H11BrCl3N3O. The van der Waals surface area contributed by atoms with Crippen LogP contribution >= 0.6 is 50.7 Å². The maximum Gasteiger partial charge on any atom is 0.224 e. The smallest absolute Gasteiger partial charge is 0.224 e. The third kappa shape index (κ3) is 4.56. The van der Waals surface area contributed by atoms with Crippen molar-refractivity contribution in [3.8, 4) is 0 Å². The SMILES string of the molecule is Cc1cc(Cl)c(CC(=O)NCc2ncc(Br)cc2Cl)c(Cl)n1. The summed E-state index contributed by atoms with van der Waals surface area (Å²) in [5.74, 6) is -0.241. The minimum atomic E-state index is -0.241. The fourth-order valence-electron chi connectivity index (χ4n) is 1.76. The van der Waals surface area contributed by atoms with Crippen LogP contribution in [0.5, 0.6) is 0 Å². The average molecular weight is 424 g/mol. The van der Waals surface area contributed by atoms with Gasteiger partial charge < -0.3 is 5.32 Å². The molecule has 8 heteroatoms. The highest BCUT2D eigenvalue weighted by molar-refractivity contribution is 9.10. The van der Waals surface area contributed by atoms with Crippen LogP contribution in [0.4, 0.5) is 0 Å². The Morgan fingerprint density at radius 3 is 2.64 bits per heavy atom. The number of hydrogen-bond donors (Lipinski definition) is 1. The van der Waals surface area contributed by atoms with E-state index >= 15 is 0 Å². The Morgan fingerprint density at radius 2 is 2.00 bits per heavy atom. The van der Waals surface area contributed by atoms with Crippen LogP contribution in [-0.2, 0) is 17.8 Å². The molecule has 116 valence electrons. The summed E-state index contributed by atoms with van der Waals surface area (Å²) in [6, 6.07) is 3.39. The Bertz CT molecular complexity index is 701. The predicted octanol–water partition coefficient (Wildman–Crippen LogP) is 4.37. The van der Waals surface area contributed by atoms with E-state index in [0.29, 0.717) is 27.0 Å². The summed E-state index contributed by atoms with van der Waals surface area (Å²) in [5, 5.41) is 3.86. The van der Waals surface area contributed by atoms with Crippen LogP contribution in [0, 0.1) is 6.92 Å². The molecule has 0 fully saturated rings. The van der Waals surface area contributed by atoms with Gasteiger partial charge in [0.2, 0.25) is 5.91 Å². The van der Waals surface area contributed by atoms with Crippen molar-refractivity contribution in [1.29, 1.82) is 0 Å². The van der Waals surface area contributed by atoms with E-state index in [1.807, 2.05) is 0 Å². The lowest BCUT2D eigenvalue weighted by molar-refractivity contribution is -0.120. The van der Waals surface area contributed by atoms with E-state index in [1.54, 1.807) is 25.3 Å². The highest BCUT2D eigenvalue weighted by Gasteiger charge is 2.13. The molecule has 2 aromatic rings. The van der Waals surface area contributed by atoms with Gasteiger partial charge in [0.05, 0.1) is 23.7 Å². The van der Waals surface area contributed by atoms with Crippen molar-refractivity contribution in [2.45, 2.75) is 19.9 Å². The molecule has 0 aliphatic rings. The minimum Gasteiger partial charge on any atom is -0.350 e. The van der Waals surface area contributed by atoms with Gasteiger partial charge in [0.15, 0.2) is 0 Å². The molecule has 0 saturated carbocycles. The molecule has 0 radical (unpaired) electrons. The summed E-state index contributed by atoms with van der Waals surface area (Å²) in [6.45, 7) is 2.00. The average Bonchev–Trinajstić information content (AvgIpc) is 2.42. The number of aromatic nitrogens is 2. The van der Waals surface area contributed by atoms with Crippen molar-refractivity contribution in [3.63, 3.8) is 0 Å². The summed E-state index contributed by atoms with van der Waals surface area (Å²) < 4.78 is 0.775. The molecule has 1 N–H and O–H groups in total. The fraction of sp³-hybridized carbons (Fsp3) is 0.214. The number of amides is 1. The Kier molecular flexibility index (Phi) is 6.03. The first kappa shape index (κ1) is 17.5. The third-order valence-corrected chi connectivity index (χ3v) is 4.23. The Balaban J connectivity index is 2.02. The number of halogens is 4. The highest BCUT2D eigenvalue weighted by Crippen LogP contribution is 2.24. The molecule has 2 aromatic heterocycles. The molecule has 0 aliphatic heterocycles. The molecule has 1 amide bonds. The normalized spacial score (nSPS) is 10.6. The van der Waals surface area contributed by atoms with Gasteiger partial charge in [-0.25, -0.2) is 4.98 Å². The highest BCUT2D eigenvalue weighted by atomic mass is 79.9. The Labute approximate surface area is 151 Å². The van der Waals surface area contributed by atoms with Gasteiger partial charge in [-0.05, 0) is 35.0 Å². The van der Waals surface area contributed by atoms with Gasteiger partial charge >= 0.3 is 0 Å². The van der Waals surface area contributed by atoms with Crippen molar-refractivity contribution in [2.75, 3.05) is 0 Å². The van der Waals surface area contributed by atoms with E-state index in [9.17, 15) is 4.79 Å². The first-order valence-corrected chi connectivity index (χ1v) is 8.17. The second-order valence-electron chi connectivity index (χ2n) is 4.55. The lowest BCUT2D eigenvalue weighted by Gasteiger charge is -2.09. The molecule has 2 heterocycles. The lowest BCUT2D eigenvalue weighted by atomic mass is 10.2. The van der Waals surface area contributed by atoms with Gasteiger partial charge in [0, 0.05) is 26.9 Å². The number of aryl methyl sites for hydroxylation is 1. The van der Waals surface area contributed by atoms with Crippen LogP contribution in [0.2, 0.25) is 15.2 Å². The van der Waals surface area contributed by atoms with Crippen LogP contribution < -0.4 is 5.32 Å². The summed E-state index contributed by atoms with van der Waals surface area (Å²) >= 11 is 21.4. The predicted molar refractivity (Wildman–Crippen MR) is 91.5 cm³/mol. The number of hydrogen-bond acceptors (Lipinski definition) is 3. The van der Waals surface area contributed by atoms with Gasteiger partial charge in [-0.1, -0.05) is 34.8 Å². The molecule has 0 spiro atoms. The molecule has 0 aromatic carbocycles. The van der Waals surface area contributed by atoms with Crippen LogP contribution in [0.1, 0.15) is 17.0 Å². The standard InChI is InChI=1S/C14H11BrCl3N3O/c1-7-2-10(16)9(14(18)21-7)4-13(22)20-6-12-11(17)3-8(15)5-19-12/h2-3,5H,4,6H2,1H3,(H,20,22). The van der Waals surface area contributed by atoms with Crippen LogP contribution in [0.25, 0.3) is 0 Å². The van der Waals surface area contributed by atoms with Crippen molar-refractivity contribution < 1.29 is 4.79 Å². The van der Waals surface area contributed by atoms with Gasteiger partial charge in [-0.2, -0.15) is 0 Å². The molecule has 4 nitrogen and oxygen atoms in total. The Hall–Kier alpha value is -0.880. The lowest BCUT2D eigenvalue weighted by Crippen LogP contribution is -2.25.